The molecule has 0 atom stereocenters. The highest BCUT2D eigenvalue weighted by atomic mass is 79.9. The van der Waals surface area contributed by atoms with Gasteiger partial charge in [-0.2, -0.15) is 5.10 Å². The molecule has 1 amide bonds. The number of thiophene rings is 1. The fourth-order valence-corrected chi connectivity index (χ4v) is 2.95. The summed E-state index contributed by atoms with van der Waals surface area (Å²) >= 11 is 4.84. The molecule has 0 fully saturated rings. The summed E-state index contributed by atoms with van der Waals surface area (Å²) in [6.45, 7) is 0. The van der Waals surface area contributed by atoms with E-state index in [9.17, 15) is 4.79 Å². The van der Waals surface area contributed by atoms with E-state index in [2.05, 4.69) is 31.4 Å². The zero-order valence-corrected chi connectivity index (χ0v) is 12.7. The van der Waals surface area contributed by atoms with Crippen molar-refractivity contribution in [3.63, 3.8) is 0 Å². The Bertz CT molecular complexity index is 736. The summed E-state index contributed by atoms with van der Waals surface area (Å²) in [5.41, 5.74) is 3.30. The van der Waals surface area contributed by atoms with Crippen molar-refractivity contribution < 1.29 is 4.79 Å². The predicted octanol–water partition coefficient (Wildman–Crippen LogP) is 4.15. The molecule has 0 spiro atoms. The molecule has 20 heavy (non-hydrogen) atoms. The van der Waals surface area contributed by atoms with E-state index in [-0.39, 0.29) is 5.91 Å². The molecule has 3 rings (SSSR count). The summed E-state index contributed by atoms with van der Waals surface area (Å²) in [5, 5.41) is 11.5. The van der Waals surface area contributed by atoms with E-state index in [0.29, 0.717) is 5.56 Å². The van der Waals surface area contributed by atoms with Crippen LogP contribution in [-0.4, -0.2) is 16.1 Å². The molecule has 0 aliphatic heterocycles. The Morgan fingerprint density at radius 1 is 1.30 bits per heavy atom. The Kier molecular flexibility index (Phi) is 3.66. The van der Waals surface area contributed by atoms with Gasteiger partial charge in [-0.3, -0.25) is 9.89 Å². The number of carbonyl (C=O) groups is 1. The van der Waals surface area contributed by atoms with Crippen molar-refractivity contribution in [2.45, 2.75) is 0 Å². The average molecular weight is 348 g/mol. The molecule has 0 saturated carbocycles. The highest BCUT2D eigenvalue weighted by Crippen LogP contribution is 2.23. The monoisotopic (exact) mass is 347 g/mol. The van der Waals surface area contributed by atoms with Crippen molar-refractivity contribution in [3.05, 3.63) is 57.3 Å². The van der Waals surface area contributed by atoms with Crippen LogP contribution in [0.2, 0.25) is 0 Å². The van der Waals surface area contributed by atoms with Crippen molar-refractivity contribution in [2.75, 3.05) is 5.32 Å². The summed E-state index contributed by atoms with van der Waals surface area (Å²) in [5.74, 6) is -0.117. The zero-order valence-electron chi connectivity index (χ0n) is 10.3. The molecule has 0 bridgehead atoms. The molecule has 0 aliphatic carbocycles. The summed E-state index contributed by atoms with van der Waals surface area (Å²) in [7, 11) is 0. The number of H-pyrrole nitrogens is 1. The van der Waals surface area contributed by atoms with E-state index in [0.717, 1.165) is 20.7 Å². The van der Waals surface area contributed by atoms with Crippen molar-refractivity contribution in [1.82, 2.24) is 10.2 Å². The van der Waals surface area contributed by atoms with E-state index in [4.69, 9.17) is 0 Å². The van der Waals surface area contributed by atoms with Crippen molar-refractivity contribution in [1.29, 1.82) is 0 Å². The van der Waals surface area contributed by atoms with E-state index in [1.54, 1.807) is 12.3 Å². The van der Waals surface area contributed by atoms with Crippen LogP contribution in [0.15, 0.2) is 51.8 Å². The second-order valence-corrected chi connectivity index (χ2v) is 6.44. The van der Waals surface area contributed by atoms with Crippen molar-refractivity contribution in [3.8, 4) is 11.3 Å². The number of halogens is 1. The van der Waals surface area contributed by atoms with E-state index < -0.39 is 0 Å². The van der Waals surface area contributed by atoms with Gasteiger partial charge in [-0.05, 0) is 40.2 Å². The number of nitrogens with zero attached hydrogens (tertiary/aromatic N) is 1. The number of nitrogens with one attached hydrogen (secondary N) is 2. The minimum absolute atomic E-state index is 0.117. The standard InChI is InChI=1S/C14H10BrN3OS/c15-13-7-10(8-20-13)14(19)17-11-3-1-2-9(6-11)12-4-5-16-18-12/h1-8H,(H,16,18)(H,17,19). The van der Waals surface area contributed by atoms with Gasteiger partial charge in [0.1, 0.15) is 0 Å². The number of anilines is 1. The highest BCUT2D eigenvalue weighted by Gasteiger charge is 2.09. The first-order valence-electron chi connectivity index (χ1n) is 5.87. The summed E-state index contributed by atoms with van der Waals surface area (Å²) in [4.78, 5) is 12.1. The first kappa shape index (κ1) is 13.1. The number of aromatic amines is 1. The molecule has 4 nitrogen and oxygen atoms in total. The topological polar surface area (TPSA) is 57.8 Å². The van der Waals surface area contributed by atoms with E-state index >= 15 is 0 Å². The average Bonchev–Trinajstić information content (AvgIpc) is 3.10. The van der Waals surface area contributed by atoms with Crippen LogP contribution in [0.1, 0.15) is 10.4 Å². The van der Waals surface area contributed by atoms with Gasteiger partial charge < -0.3 is 5.32 Å². The number of hydrogen-bond donors (Lipinski definition) is 2. The van der Waals surface area contributed by atoms with Gasteiger partial charge in [0, 0.05) is 22.8 Å². The van der Waals surface area contributed by atoms with E-state index in [1.165, 1.54) is 11.3 Å². The first-order valence-corrected chi connectivity index (χ1v) is 7.55. The number of benzene rings is 1. The molecule has 2 aromatic heterocycles. The fraction of sp³-hybridized carbons (Fsp3) is 0. The fourth-order valence-electron chi connectivity index (χ4n) is 1.81. The number of carbonyl (C=O) groups excluding carboxylic acids is 1. The predicted molar refractivity (Wildman–Crippen MR) is 84.0 cm³/mol. The third-order valence-electron chi connectivity index (χ3n) is 2.76. The normalized spacial score (nSPS) is 10.4. The second kappa shape index (κ2) is 5.60. The molecule has 0 unspecified atom stereocenters. The number of aromatic nitrogens is 2. The molecule has 2 heterocycles. The van der Waals surface area contributed by atoms with Gasteiger partial charge in [-0.25, -0.2) is 0 Å². The maximum atomic E-state index is 12.1. The van der Waals surface area contributed by atoms with Crippen molar-refractivity contribution in [2.24, 2.45) is 0 Å². The lowest BCUT2D eigenvalue weighted by molar-refractivity contribution is 0.102. The Labute approximate surface area is 128 Å². The number of hydrogen-bond acceptors (Lipinski definition) is 3. The molecule has 1 aromatic carbocycles. The van der Waals surface area contributed by atoms with Crippen LogP contribution in [0.5, 0.6) is 0 Å². The molecule has 6 heteroatoms. The van der Waals surface area contributed by atoms with Crippen molar-refractivity contribution >= 4 is 38.9 Å². The summed E-state index contributed by atoms with van der Waals surface area (Å²) < 4.78 is 0.939. The maximum absolute atomic E-state index is 12.1. The molecular weight excluding hydrogens is 338 g/mol. The minimum atomic E-state index is -0.117. The Morgan fingerprint density at radius 2 is 2.20 bits per heavy atom. The highest BCUT2D eigenvalue weighted by molar-refractivity contribution is 9.11. The lowest BCUT2D eigenvalue weighted by Crippen LogP contribution is -2.10. The Morgan fingerprint density at radius 3 is 2.90 bits per heavy atom. The summed E-state index contributed by atoms with van der Waals surface area (Å²) in [6.07, 6.45) is 1.70. The van der Waals surface area contributed by atoms with Gasteiger partial charge in [-0.1, -0.05) is 12.1 Å². The summed E-state index contributed by atoms with van der Waals surface area (Å²) in [6, 6.07) is 11.3. The second-order valence-electron chi connectivity index (χ2n) is 4.14. The SMILES string of the molecule is O=C(Nc1cccc(-c2ccn[nH]2)c1)c1csc(Br)c1. The van der Waals surface area contributed by atoms with Gasteiger partial charge in [0.15, 0.2) is 0 Å². The largest absolute Gasteiger partial charge is 0.322 e. The number of rotatable bonds is 3. The molecule has 0 radical (unpaired) electrons. The van der Waals surface area contributed by atoms with Gasteiger partial charge >= 0.3 is 0 Å². The smallest absolute Gasteiger partial charge is 0.256 e. The van der Waals surface area contributed by atoms with Crippen LogP contribution < -0.4 is 5.32 Å². The molecule has 2 N–H and O–H groups in total. The van der Waals surface area contributed by atoms with Crippen LogP contribution in [0.25, 0.3) is 11.3 Å². The molecule has 0 saturated heterocycles. The third-order valence-corrected chi connectivity index (χ3v) is 4.27. The zero-order chi connectivity index (χ0) is 13.9. The Hall–Kier alpha value is -1.92. The quantitative estimate of drug-likeness (QED) is 0.747. The van der Waals surface area contributed by atoms with Crippen LogP contribution in [-0.2, 0) is 0 Å². The molecule has 100 valence electrons. The maximum Gasteiger partial charge on any atom is 0.256 e. The Balaban J connectivity index is 1.81. The lowest BCUT2D eigenvalue weighted by atomic mass is 10.1. The van der Waals surface area contributed by atoms with Gasteiger partial charge in [0.25, 0.3) is 5.91 Å². The van der Waals surface area contributed by atoms with Gasteiger partial charge in [0.2, 0.25) is 0 Å². The van der Waals surface area contributed by atoms with Crippen LogP contribution in [0, 0.1) is 0 Å². The van der Waals surface area contributed by atoms with Crippen LogP contribution >= 0.6 is 27.3 Å². The van der Waals surface area contributed by atoms with Gasteiger partial charge in [-0.15, -0.1) is 11.3 Å². The first-order chi connectivity index (χ1) is 9.72. The lowest BCUT2D eigenvalue weighted by Gasteiger charge is -2.05. The third kappa shape index (κ3) is 2.81. The molecule has 3 aromatic rings. The van der Waals surface area contributed by atoms with Gasteiger partial charge in [0.05, 0.1) is 15.0 Å². The minimum Gasteiger partial charge on any atom is -0.322 e. The van der Waals surface area contributed by atoms with E-state index in [1.807, 2.05) is 35.7 Å². The van der Waals surface area contributed by atoms with Crippen LogP contribution in [0.4, 0.5) is 5.69 Å². The number of amides is 1. The molecule has 0 aliphatic rings. The molecular formula is C14H10BrN3OS. The van der Waals surface area contributed by atoms with Crippen LogP contribution in [0.3, 0.4) is 0 Å².